The van der Waals surface area contributed by atoms with Crippen LogP contribution in [0.15, 0.2) is 17.7 Å². The molecule has 6 nitrogen and oxygen atoms in total. The van der Waals surface area contributed by atoms with Crippen molar-refractivity contribution in [2.45, 2.75) is 5.79 Å². The average Bonchev–Trinajstić information content (AvgIpc) is 2.45. The Morgan fingerprint density at radius 3 is 2.48 bits per heavy atom. The molecule has 0 amide bonds. The van der Waals surface area contributed by atoms with Crippen LogP contribution in [0.3, 0.4) is 0 Å². The predicted molar refractivity (Wildman–Crippen MR) is 74.0 cm³/mol. The molecule has 0 saturated carbocycles. The van der Waals surface area contributed by atoms with Gasteiger partial charge in [-0.05, 0) is 18.2 Å². The SMILES string of the molecule is COC(=O)C1=Cc2cc(Cl)cc(Cl)c2OC1(O)C(=O)OC. The molecule has 1 N–H and O–H groups in total. The molecule has 0 aliphatic carbocycles. The fourth-order valence-corrected chi connectivity index (χ4v) is 2.40. The van der Waals surface area contributed by atoms with Gasteiger partial charge in [-0.3, -0.25) is 0 Å². The lowest BCUT2D eigenvalue weighted by atomic mass is 9.98. The maximum absolute atomic E-state index is 11.8. The molecule has 2 rings (SSSR count). The number of benzene rings is 1. The second-order valence-electron chi connectivity index (χ2n) is 4.09. The summed E-state index contributed by atoms with van der Waals surface area (Å²) in [5.41, 5.74) is -0.121. The Morgan fingerprint density at radius 1 is 1.24 bits per heavy atom. The van der Waals surface area contributed by atoms with Crippen molar-refractivity contribution >= 4 is 41.2 Å². The number of halogens is 2. The van der Waals surface area contributed by atoms with Crippen LogP contribution in [-0.2, 0) is 19.1 Å². The van der Waals surface area contributed by atoms with Gasteiger partial charge in [0, 0.05) is 10.6 Å². The fourth-order valence-electron chi connectivity index (χ4n) is 1.85. The highest BCUT2D eigenvalue weighted by atomic mass is 35.5. The zero-order valence-electron chi connectivity index (χ0n) is 11.0. The molecule has 0 fully saturated rings. The van der Waals surface area contributed by atoms with Crippen molar-refractivity contribution < 1.29 is 28.9 Å². The van der Waals surface area contributed by atoms with E-state index in [0.29, 0.717) is 10.6 Å². The van der Waals surface area contributed by atoms with Crippen LogP contribution in [0.1, 0.15) is 5.56 Å². The highest BCUT2D eigenvalue weighted by Gasteiger charge is 2.51. The van der Waals surface area contributed by atoms with Crippen LogP contribution >= 0.6 is 23.2 Å². The highest BCUT2D eigenvalue weighted by molar-refractivity contribution is 6.36. The van der Waals surface area contributed by atoms with Gasteiger partial charge in [-0.15, -0.1) is 0 Å². The summed E-state index contributed by atoms with van der Waals surface area (Å²) in [5, 5.41) is 10.8. The molecule has 1 unspecified atom stereocenters. The summed E-state index contributed by atoms with van der Waals surface area (Å²) in [6, 6.07) is 2.83. The average molecular weight is 333 g/mol. The van der Waals surface area contributed by atoms with Crippen molar-refractivity contribution in [3.63, 3.8) is 0 Å². The summed E-state index contributed by atoms with van der Waals surface area (Å²) < 4.78 is 14.2. The zero-order chi connectivity index (χ0) is 15.8. The number of carbonyl (C=O) groups excluding carboxylic acids is 2. The summed E-state index contributed by atoms with van der Waals surface area (Å²) in [6.07, 6.45) is 1.21. The third-order valence-corrected chi connectivity index (χ3v) is 3.32. The fraction of sp³-hybridized carbons (Fsp3) is 0.231. The Labute approximate surface area is 129 Å². The molecule has 0 saturated heterocycles. The minimum atomic E-state index is -2.65. The van der Waals surface area contributed by atoms with Gasteiger partial charge in [0.25, 0.3) is 0 Å². The van der Waals surface area contributed by atoms with Gasteiger partial charge in [0.15, 0.2) is 0 Å². The van der Waals surface area contributed by atoms with E-state index in [-0.39, 0.29) is 10.8 Å². The third-order valence-electron chi connectivity index (χ3n) is 2.82. The normalized spacial score (nSPS) is 20.0. The van der Waals surface area contributed by atoms with E-state index in [9.17, 15) is 14.7 Å². The number of hydrogen-bond acceptors (Lipinski definition) is 6. The molecule has 0 aromatic heterocycles. The summed E-state index contributed by atoms with van der Waals surface area (Å²) in [6.45, 7) is 0. The van der Waals surface area contributed by atoms with E-state index in [2.05, 4.69) is 9.47 Å². The second kappa shape index (κ2) is 5.55. The first kappa shape index (κ1) is 15.6. The van der Waals surface area contributed by atoms with E-state index in [1.54, 1.807) is 0 Å². The number of fused-ring (bicyclic) bond motifs is 1. The molecule has 1 heterocycles. The molecule has 0 bridgehead atoms. The molecule has 1 atom stereocenters. The summed E-state index contributed by atoms with van der Waals surface area (Å²) in [4.78, 5) is 23.6. The predicted octanol–water partition coefficient (Wildman–Crippen LogP) is 1.80. The van der Waals surface area contributed by atoms with E-state index in [0.717, 1.165) is 14.2 Å². The van der Waals surface area contributed by atoms with Crippen LogP contribution in [0.25, 0.3) is 6.08 Å². The van der Waals surface area contributed by atoms with Crippen LogP contribution in [0.2, 0.25) is 10.0 Å². The molecule has 1 aliphatic rings. The molecule has 1 aliphatic heterocycles. The van der Waals surface area contributed by atoms with Crippen LogP contribution in [0.4, 0.5) is 0 Å². The van der Waals surface area contributed by atoms with Gasteiger partial charge >= 0.3 is 17.7 Å². The Hall–Kier alpha value is -1.76. The molecule has 1 aromatic carbocycles. The van der Waals surface area contributed by atoms with E-state index in [1.807, 2.05) is 0 Å². The smallest absolute Gasteiger partial charge is 0.384 e. The lowest BCUT2D eigenvalue weighted by Crippen LogP contribution is -2.50. The van der Waals surface area contributed by atoms with E-state index >= 15 is 0 Å². The quantitative estimate of drug-likeness (QED) is 0.831. The first-order valence-electron chi connectivity index (χ1n) is 5.62. The molecule has 112 valence electrons. The highest BCUT2D eigenvalue weighted by Crippen LogP contribution is 2.41. The maximum Gasteiger partial charge on any atom is 0.384 e. The van der Waals surface area contributed by atoms with Gasteiger partial charge in [-0.25, -0.2) is 9.59 Å². The van der Waals surface area contributed by atoms with E-state index < -0.39 is 23.3 Å². The minimum absolute atomic E-state index is 0.00150. The van der Waals surface area contributed by atoms with Crippen molar-refractivity contribution in [1.82, 2.24) is 0 Å². The summed E-state index contributed by atoms with van der Waals surface area (Å²) >= 11 is 11.8. The van der Waals surface area contributed by atoms with Gasteiger partial charge in [-0.1, -0.05) is 23.2 Å². The number of methoxy groups -OCH3 is 2. The van der Waals surface area contributed by atoms with Crippen molar-refractivity contribution in [2.75, 3.05) is 14.2 Å². The Bertz CT molecular complexity index is 654. The number of esters is 2. The van der Waals surface area contributed by atoms with Crippen molar-refractivity contribution in [3.05, 3.63) is 33.3 Å². The second-order valence-corrected chi connectivity index (χ2v) is 4.94. The van der Waals surface area contributed by atoms with E-state index in [4.69, 9.17) is 27.9 Å². The molecule has 1 aromatic rings. The third kappa shape index (κ3) is 2.57. The van der Waals surface area contributed by atoms with E-state index in [1.165, 1.54) is 18.2 Å². The van der Waals surface area contributed by atoms with Crippen LogP contribution in [0, 0.1) is 0 Å². The van der Waals surface area contributed by atoms with Crippen LogP contribution in [-0.4, -0.2) is 37.1 Å². The number of aliphatic hydroxyl groups is 1. The first-order valence-corrected chi connectivity index (χ1v) is 6.38. The molecular formula is C13H10Cl2O6. The lowest BCUT2D eigenvalue weighted by molar-refractivity contribution is -0.189. The maximum atomic E-state index is 11.8. The summed E-state index contributed by atoms with van der Waals surface area (Å²) in [7, 11) is 2.14. The number of carbonyl (C=O) groups is 2. The van der Waals surface area contributed by atoms with Gasteiger partial charge in [-0.2, -0.15) is 0 Å². The Balaban J connectivity index is 2.67. The molecule has 0 spiro atoms. The largest absolute Gasteiger partial charge is 0.465 e. The van der Waals surface area contributed by atoms with Gasteiger partial charge in [0.05, 0.1) is 19.2 Å². The number of rotatable bonds is 2. The lowest BCUT2D eigenvalue weighted by Gasteiger charge is -2.31. The molecule has 21 heavy (non-hydrogen) atoms. The minimum Gasteiger partial charge on any atom is -0.465 e. The molecule has 8 heteroatoms. The van der Waals surface area contributed by atoms with Gasteiger partial charge in [0.2, 0.25) is 0 Å². The monoisotopic (exact) mass is 332 g/mol. The van der Waals surface area contributed by atoms with Crippen molar-refractivity contribution in [1.29, 1.82) is 0 Å². The van der Waals surface area contributed by atoms with Crippen molar-refractivity contribution in [3.8, 4) is 5.75 Å². The van der Waals surface area contributed by atoms with Crippen LogP contribution < -0.4 is 4.74 Å². The standard InChI is InChI=1S/C13H10Cl2O6/c1-19-11(16)8-4-6-3-7(14)5-9(15)10(6)21-13(8,18)12(17)20-2/h3-5,18H,1-2H3. The van der Waals surface area contributed by atoms with Crippen LogP contribution in [0.5, 0.6) is 5.75 Å². The summed E-state index contributed by atoms with van der Waals surface area (Å²) in [5.74, 6) is -4.78. The zero-order valence-corrected chi connectivity index (χ0v) is 12.5. The topological polar surface area (TPSA) is 82.1 Å². The number of hydrogen-bond donors (Lipinski definition) is 1. The molecular weight excluding hydrogens is 323 g/mol. The Morgan fingerprint density at radius 2 is 1.90 bits per heavy atom. The van der Waals surface area contributed by atoms with Crippen molar-refractivity contribution in [2.24, 2.45) is 0 Å². The number of ether oxygens (including phenoxy) is 3. The Kier molecular flexibility index (Phi) is 4.13. The molecule has 0 radical (unpaired) electrons. The first-order chi connectivity index (χ1) is 9.83. The van der Waals surface area contributed by atoms with Gasteiger partial charge < -0.3 is 19.3 Å². The van der Waals surface area contributed by atoms with Gasteiger partial charge in [0.1, 0.15) is 11.3 Å².